The van der Waals surface area contributed by atoms with Crippen molar-refractivity contribution in [2.24, 2.45) is 0 Å². The molecule has 2 aromatic rings. The second-order valence-electron chi connectivity index (χ2n) is 4.17. The Hall–Kier alpha value is -1.69. The average molecular weight is 263 g/mol. The van der Waals surface area contributed by atoms with Crippen LogP contribution >= 0.6 is 11.3 Å². The zero-order valence-electron chi connectivity index (χ0n) is 10.8. The highest BCUT2D eigenvalue weighted by Crippen LogP contribution is 2.28. The lowest BCUT2D eigenvalue weighted by atomic mass is 10.0. The van der Waals surface area contributed by atoms with Gasteiger partial charge in [0.1, 0.15) is 23.0 Å². The van der Waals surface area contributed by atoms with Crippen LogP contribution in [0.4, 0.5) is 11.6 Å². The molecule has 6 heteroatoms. The highest BCUT2D eigenvalue weighted by molar-refractivity contribution is 7.09. The molecule has 5 nitrogen and oxygen atoms in total. The summed E-state index contributed by atoms with van der Waals surface area (Å²) in [7, 11) is 1.87. The SMILES string of the molecule is CNc1ncnc(NCc2nccs2)c1C(C)C. The molecule has 2 N–H and O–H groups in total. The Morgan fingerprint density at radius 2 is 2.00 bits per heavy atom. The van der Waals surface area contributed by atoms with Crippen molar-refractivity contribution in [3.63, 3.8) is 0 Å². The molecule has 0 aliphatic rings. The minimum absolute atomic E-state index is 0.354. The molecule has 0 fully saturated rings. The summed E-state index contributed by atoms with van der Waals surface area (Å²) < 4.78 is 0. The van der Waals surface area contributed by atoms with Crippen LogP contribution in [0.1, 0.15) is 30.3 Å². The van der Waals surface area contributed by atoms with Gasteiger partial charge in [0.15, 0.2) is 0 Å². The van der Waals surface area contributed by atoms with Crippen LogP contribution in [0.2, 0.25) is 0 Å². The number of hydrogen-bond donors (Lipinski definition) is 2. The van der Waals surface area contributed by atoms with E-state index in [9.17, 15) is 0 Å². The first-order valence-electron chi connectivity index (χ1n) is 5.87. The quantitative estimate of drug-likeness (QED) is 0.868. The third-order valence-electron chi connectivity index (χ3n) is 2.59. The molecule has 0 aliphatic carbocycles. The molecule has 2 aromatic heterocycles. The van der Waals surface area contributed by atoms with Crippen molar-refractivity contribution >= 4 is 23.0 Å². The van der Waals surface area contributed by atoms with Gasteiger partial charge in [-0.15, -0.1) is 11.3 Å². The first-order valence-corrected chi connectivity index (χ1v) is 6.75. The van der Waals surface area contributed by atoms with Crippen molar-refractivity contribution in [2.75, 3.05) is 17.7 Å². The fourth-order valence-corrected chi connectivity index (χ4v) is 2.34. The van der Waals surface area contributed by atoms with Gasteiger partial charge in [-0.1, -0.05) is 13.8 Å². The standard InChI is InChI=1S/C12H17N5S/c1-8(2)10-11(13-3)16-7-17-12(10)15-6-9-14-4-5-18-9/h4-5,7-8H,6H2,1-3H3,(H2,13,15,16,17). The summed E-state index contributed by atoms with van der Waals surface area (Å²) in [6.07, 6.45) is 3.38. The normalized spacial score (nSPS) is 10.7. The number of rotatable bonds is 5. The van der Waals surface area contributed by atoms with E-state index in [0.717, 1.165) is 22.2 Å². The predicted octanol–water partition coefficient (Wildman–Crippen LogP) is 2.71. The first-order chi connectivity index (χ1) is 8.72. The maximum atomic E-state index is 4.32. The summed E-state index contributed by atoms with van der Waals surface area (Å²) in [5, 5.41) is 9.46. The fourth-order valence-electron chi connectivity index (χ4n) is 1.78. The highest BCUT2D eigenvalue weighted by atomic mass is 32.1. The maximum absolute atomic E-state index is 4.32. The van der Waals surface area contributed by atoms with E-state index in [-0.39, 0.29) is 0 Å². The minimum Gasteiger partial charge on any atom is -0.373 e. The number of anilines is 2. The lowest BCUT2D eigenvalue weighted by Gasteiger charge is -2.16. The van der Waals surface area contributed by atoms with Crippen LogP contribution in [-0.2, 0) is 6.54 Å². The van der Waals surface area contributed by atoms with Gasteiger partial charge in [0.05, 0.1) is 6.54 Å². The highest BCUT2D eigenvalue weighted by Gasteiger charge is 2.13. The number of aromatic nitrogens is 3. The molecule has 0 saturated carbocycles. The summed E-state index contributed by atoms with van der Waals surface area (Å²) >= 11 is 1.63. The van der Waals surface area contributed by atoms with E-state index in [1.165, 1.54) is 0 Å². The van der Waals surface area contributed by atoms with Crippen LogP contribution < -0.4 is 10.6 Å². The maximum Gasteiger partial charge on any atom is 0.135 e. The van der Waals surface area contributed by atoms with E-state index in [0.29, 0.717) is 12.5 Å². The zero-order chi connectivity index (χ0) is 13.0. The van der Waals surface area contributed by atoms with Gasteiger partial charge in [-0.3, -0.25) is 0 Å². The van der Waals surface area contributed by atoms with Gasteiger partial charge in [0.25, 0.3) is 0 Å². The molecule has 96 valence electrons. The summed E-state index contributed by atoms with van der Waals surface area (Å²) in [6, 6.07) is 0. The number of thiazole rings is 1. The third-order valence-corrected chi connectivity index (χ3v) is 3.37. The average Bonchev–Trinajstić information content (AvgIpc) is 2.88. The van der Waals surface area contributed by atoms with Gasteiger partial charge in [-0.25, -0.2) is 15.0 Å². The van der Waals surface area contributed by atoms with Crippen molar-refractivity contribution in [1.82, 2.24) is 15.0 Å². The predicted molar refractivity (Wildman–Crippen MR) is 75.1 cm³/mol. The molecule has 0 amide bonds. The van der Waals surface area contributed by atoms with E-state index in [4.69, 9.17) is 0 Å². The summed E-state index contributed by atoms with van der Waals surface area (Å²) in [6.45, 7) is 4.96. The molecule has 2 rings (SSSR count). The van der Waals surface area contributed by atoms with Gasteiger partial charge in [0.2, 0.25) is 0 Å². The summed E-state index contributed by atoms with van der Waals surface area (Å²) in [5.74, 6) is 2.11. The molecule has 0 radical (unpaired) electrons. The molecule has 0 bridgehead atoms. The summed E-state index contributed by atoms with van der Waals surface area (Å²) in [4.78, 5) is 12.8. The fraction of sp³-hybridized carbons (Fsp3) is 0.417. The Bertz CT molecular complexity index is 495. The smallest absolute Gasteiger partial charge is 0.135 e. The number of nitrogens with zero attached hydrogens (tertiary/aromatic N) is 3. The molecule has 0 atom stereocenters. The molecule has 0 unspecified atom stereocenters. The van der Waals surface area contributed by atoms with Crippen molar-refractivity contribution in [2.45, 2.75) is 26.3 Å². The molecule has 0 spiro atoms. The van der Waals surface area contributed by atoms with Crippen LogP contribution in [0.3, 0.4) is 0 Å². The van der Waals surface area contributed by atoms with Crippen LogP contribution in [-0.4, -0.2) is 22.0 Å². The third kappa shape index (κ3) is 2.76. The first kappa shape index (κ1) is 12.8. The van der Waals surface area contributed by atoms with Crippen LogP contribution in [0.15, 0.2) is 17.9 Å². The van der Waals surface area contributed by atoms with Crippen LogP contribution in [0.25, 0.3) is 0 Å². The lowest BCUT2D eigenvalue weighted by Crippen LogP contribution is -2.09. The van der Waals surface area contributed by atoms with Gasteiger partial charge >= 0.3 is 0 Å². The van der Waals surface area contributed by atoms with Crippen LogP contribution in [0, 0.1) is 0 Å². The van der Waals surface area contributed by atoms with E-state index in [1.807, 2.05) is 18.6 Å². The molecule has 0 aliphatic heterocycles. The Balaban J connectivity index is 2.21. The van der Waals surface area contributed by atoms with E-state index in [2.05, 4.69) is 39.4 Å². The Morgan fingerprint density at radius 1 is 1.22 bits per heavy atom. The largest absolute Gasteiger partial charge is 0.373 e. The molecule has 0 aromatic carbocycles. The zero-order valence-corrected chi connectivity index (χ0v) is 11.6. The monoisotopic (exact) mass is 263 g/mol. The minimum atomic E-state index is 0.354. The number of hydrogen-bond acceptors (Lipinski definition) is 6. The molecular formula is C12H17N5S. The Kier molecular flexibility index (Phi) is 4.09. The molecular weight excluding hydrogens is 246 g/mol. The van der Waals surface area contributed by atoms with Crippen molar-refractivity contribution in [3.8, 4) is 0 Å². The van der Waals surface area contributed by atoms with Gasteiger partial charge < -0.3 is 10.6 Å². The second-order valence-corrected chi connectivity index (χ2v) is 5.15. The second kappa shape index (κ2) is 5.77. The van der Waals surface area contributed by atoms with Gasteiger partial charge in [0, 0.05) is 24.2 Å². The van der Waals surface area contributed by atoms with Gasteiger partial charge in [-0.05, 0) is 5.92 Å². The lowest BCUT2D eigenvalue weighted by molar-refractivity contribution is 0.846. The topological polar surface area (TPSA) is 62.7 Å². The van der Waals surface area contributed by atoms with Crippen LogP contribution in [0.5, 0.6) is 0 Å². The van der Waals surface area contributed by atoms with E-state index >= 15 is 0 Å². The summed E-state index contributed by atoms with van der Waals surface area (Å²) in [5.41, 5.74) is 1.11. The molecule has 0 saturated heterocycles. The number of nitrogens with one attached hydrogen (secondary N) is 2. The van der Waals surface area contributed by atoms with Crippen molar-refractivity contribution < 1.29 is 0 Å². The molecule has 2 heterocycles. The van der Waals surface area contributed by atoms with Crippen molar-refractivity contribution in [3.05, 3.63) is 28.5 Å². The van der Waals surface area contributed by atoms with E-state index in [1.54, 1.807) is 17.7 Å². The Labute approximate surface area is 111 Å². The van der Waals surface area contributed by atoms with E-state index < -0.39 is 0 Å². The molecule has 18 heavy (non-hydrogen) atoms. The van der Waals surface area contributed by atoms with Crippen molar-refractivity contribution in [1.29, 1.82) is 0 Å². The van der Waals surface area contributed by atoms with Gasteiger partial charge in [-0.2, -0.15) is 0 Å². The Morgan fingerprint density at radius 3 is 2.61 bits per heavy atom.